The van der Waals surface area contributed by atoms with Crippen LogP contribution in [0.1, 0.15) is 85.5 Å². The van der Waals surface area contributed by atoms with Crippen molar-refractivity contribution in [1.29, 1.82) is 5.26 Å². The van der Waals surface area contributed by atoms with Gasteiger partial charge in [0.25, 0.3) is 0 Å². The topological polar surface area (TPSA) is 130 Å². The van der Waals surface area contributed by atoms with Crippen molar-refractivity contribution in [2.45, 2.75) is 78.5 Å². The molecule has 0 saturated carbocycles. The highest BCUT2D eigenvalue weighted by atomic mass is 35.5. The van der Waals surface area contributed by atoms with E-state index in [9.17, 15) is 15.2 Å². The molecule has 15 heteroatoms. The van der Waals surface area contributed by atoms with Crippen LogP contribution in [0.2, 0.25) is 20.1 Å². The summed E-state index contributed by atoms with van der Waals surface area (Å²) in [4.78, 5) is 25.8. The number of allylic oxidation sites excluding steroid dienone is 1. The molecule has 0 aliphatic carbocycles. The lowest BCUT2D eigenvalue weighted by Gasteiger charge is -2.21. The fourth-order valence-electron chi connectivity index (χ4n) is 11.5. The van der Waals surface area contributed by atoms with Crippen LogP contribution in [-0.2, 0) is 50.7 Å². The van der Waals surface area contributed by atoms with Crippen molar-refractivity contribution in [3.63, 3.8) is 0 Å². The molecule has 424 valence electrons. The number of hydrogen-bond acceptors (Lipinski definition) is 10. The molecular weight excluding hydrogens is 1120 g/mol. The van der Waals surface area contributed by atoms with Gasteiger partial charge in [-0.25, -0.2) is 0 Å². The predicted octanol–water partition coefficient (Wildman–Crippen LogP) is 15.8. The molecule has 10 rings (SSSR count). The Morgan fingerprint density at radius 3 is 1.63 bits per heavy atom. The molecule has 1 N–H and O–H groups in total. The highest BCUT2D eigenvalue weighted by Gasteiger charge is 2.40. The third-order valence-electron chi connectivity index (χ3n) is 15.9. The van der Waals surface area contributed by atoms with Crippen molar-refractivity contribution < 1.29 is 28.8 Å². The maximum atomic E-state index is 12.6. The summed E-state index contributed by atoms with van der Waals surface area (Å²) in [6.07, 6.45) is 9.34. The second kappa shape index (κ2) is 26.9. The molecule has 0 amide bonds. The van der Waals surface area contributed by atoms with Gasteiger partial charge in [-0.1, -0.05) is 132 Å². The lowest BCUT2D eigenvalue weighted by atomic mass is 9.89. The number of aromatic nitrogens is 2. The molecule has 2 aromatic heterocycles. The Morgan fingerprint density at radius 1 is 0.590 bits per heavy atom. The molecule has 11 nitrogen and oxygen atoms in total. The summed E-state index contributed by atoms with van der Waals surface area (Å²) in [7, 11) is 0. The molecular formula is C68H63Cl4N5O6. The van der Waals surface area contributed by atoms with Gasteiger partial charge >= 0.3 is 5.97 Å². The number of pyridine rings is 2. The number of rotatable bonds is 22. The highest BCUT2D eigenvalue weighted by Crippen LogP contribution is 2.43. The van der Waals surface area contributed by atoms with Crippen LogP contribution < -0.4 is 18.9 Å². The zero-order chi connectivity index (χ0) is 58.1. The van der Waals surface area contributed by atoms with E-state index in [4.69, 9.17) is 65.4 Å². The minimum atomic E-state index is -0.869. The molecule has 0 radical (unpaired) electrons. The molecule has 0 bridgehead atoms. The lowest BCUT2D eigenvalue weighted by Crippen LogP contribution is -2.23. The standard InChI is InChI=1S/C68H63Cl4N5O6/c1-5-12-45-21-47(30-74-28-45)38-80-65-26-67(63(72)24-52(65)34-77-36-58(59(37-77)68(78)79)56-16-7-9-20-61(56)70)83-41-50-14-11-18-54(44(50)4)53-17-10-13-49(43(53)3)40-82-66-25-64(81-39-48-22-46(27-73)29-75-31-48)51(23-62(66)71)33-76-32-42(2)57(35-76)55-15-6-8-19-60(55)69/h5-11,13-26,28-31,42,57-59H,1,12,32-41H2,2-4H3,(H,78,79). The van der Waals surface area contributed by atoms with E-state index in [-0.39, 0.29) is 38.3 Å². The lowest BCUT2D eigenvalue weighted by molar-refractivity contribution is -0.141. The van der Waals surface area contributed by atoms with Gasteiger partial charge in [-0.2, -0.15) is 5.26 Å². The smallest absolute Gasteiger partial charge is 0.308 e. The first-order valence-corrected chi connectivity index (χ1v) is 29.1. The number of nitriles is 1. The molecule has 2 fully saturated rings. The van der Waals surface area contributed by atoms with Gasteiger partial charge in [-0.15, -0.1) is 6.58 Å². The van der Waals surface area contributed by atoms with Gasteiger partial charge in [0, 0.05) is 120 Å². The van der Waals surface area contributed by atoms with E-state index in [1.807, 2.05) is 91.1 Å². The van der Waals surface area contributed by atoms with Crippen LogP contribution in [-0.4, -0.2) is 57.0 Å². The van der Waals surface area contributed by atoms with Gasteiger partial charge < -0.3 is 24.1 Å². The zero-order valence-corrected chi connectivity index (χ0v) is 49.5. The van der Waals surface area contributed by atoms with E-state index in [2.05, 4.69) is 83.5 Å². The number of carboxylic acid groups (broad SMARTS) is 1. The van der Waals surface area contributed by atoms with Gasteiger partial charge in [-0.3, -0.25) is 24.6 Å². The van der Waals surface area contributed by atoms with E-state index >= 15 is 0 Å². The Morgan fingerprint density at radius 2 is 1.08 bits per heavy atom. The summed E-state index contributed by atoms with van der Waals surface area (Å²) in [6.45, 7) is 14.7. The summed E-state index contributed by atoms with van der Waals surface area (Å²) in [5.74, 6) is 0.972. The minimum absolute atomic E-state index is 0.197. The Kier molecular flexibility index (Phi) is 19.0. The maximum absolute atomic E-state index is 12.6. The first-order valence-electron chi connectivity index (χ1n) is 27.6. The van der Waals surface area contributed by atoms with Crippen LogP contribution in [0.5, 0.6) is 23.0 Å². The molecule has 4 atom stereocenters. The minimum Gasteiger partial charge on any atom is -0.488 e. The quantitative estimate of drug-likeness (QED) is 0.0651. The van der Waals surface area contributed by atoms with Gasteiger partial charge in [-0.05, 0) is 113 Å². The van der Waals surface area contributed by atoms with Crippen LogP contribution in [0.3, 0.4) is 0 Å². The number of nitrogens with zero attached hydrogens (tertiary/aromatic N) is 5. The monoisotopic (exact) mass is 1190 g/mol. The van der Waals surface area contributed by atoms with E-state index < -0.39 is 11.9 Å². The Hall–Kier alpha value is -7.40. The fourth-order valence-corrected chi connectivity index (χ4v) is 12.6. The Labute approximate surface area is 505 Å². The van der Waals surface area contributed by atoms with E-state index in [0.29, 0.717) is 82.1 Å². The molecule has 2 saturated heterocycles. The molecule has 83 heavy (non-hydrogen) atoms. The van der Waals surface area contributed by atoms with Crippen LogP contribution in [0, 0.1) is 37.0 Å². The number of ether oxygens (including phenoxy) is 4. The number of carbonyl (C=O) groups is 1. The summed E-state index contributed by atoms with van der Waals surface area (Å²) < 4.78 is 26.3. The number of hydrogen-bond donors (Lipinski definition) is 1. The summed E-state index contributed by atoms with van der Waals surface area (Å²) in [5, 5.41) is 22.1. The summed E-state index contributed by atoms with van der Waals surface area (Å²) in [5.41, 5.74) is 13.0. The number of likely N-dealkylation sites (tertiary alicyclic amines) is 2. The van der Waals surface area contributed by atoms with Crippen LogP contribution >= 0.6 is 46.4 Å². The summed E-state index contributed by atoms with van der Waals surface area (Å²) in [6, 6.07) is 41.4. The van der Waals surface area contributed by atoms with E-state index in [1.165, 1.54) is 6.20 Å². The molecule has 8 aromatic rings. The number of aliphatic carboxylic acids is 1. The molecule has 6 aromatic carbocycles. The third kappa shape index (κ3) is 14.0. The predicted molar refractivity (Wildman–Crippen MR) is 328 cm³/mol. The third-order valence-corrected chi connectivity index (χ3v) is 17.2. The average Bonchev–Trinajstić information content (AvgIpc) is 4.17. The Bertz CT molecular complexity index is 3720. The van der Waals surface area contributed by atoms with Gasteiger partial charge in [0.2, 0.25) is 0 Å². The molecule has 2 aliphatic rings. The largest absolute Gasteiger partial charge is 0.488 e. The van der Waals surface area contributed by atoms with Crippen LogP contribution in [0.25, 0.3) is 11.1 Å². The molecule has 0 spiro atoms. The van der Waals surface area contributed by atoms with Crippen LogP contribution in [0.4, 0.5) is 0 Å². The van der Waals surface area contributed by atoms with Crippen molar-refractivity contribution in [2.75, 3.05) is 26.2 Å². The van der Waals surface area contributed by atoms with Crippen molar-refractivity contribution in [3.05, 3.63) is 246 Å². The average molecular weight is 1190 g/mol. The van der Waals surface area contributed by atoms with Crippen LogP contribution in [0.15, 0.2) is 159 Å². The summed E-state index contributed by atoms with van der Waals surface area (Å²) >= 11 is 27.5. The number of benzene rings is 6. The first kappa shape index (κ1) is 58.8. The van der Waals surface area contributed by atoms with Gasteiger partial charge in [0.1, 0.15) is 55.5 Å². The first-order chi connectivity index (χ1) is 40.2. The van der Waals surface area contributed by atoms with E-state index in [0.717, 1.165) is 90.4 Å². The molecule has 2 aliphatic heterocycles. The van der Waals surface area contributed by atoms with E-state index in [1.54, 1.807) is 24.5 Å². The highest BCUT2D eigenvalue weighted by molar-refractivity contribution is 6.33. The normalized spacial score (nSPS) is 17.0. The second-order valence-electron chi connectivity index (χ2n) is 21.6. The number of carboxylic acids is 1. The maximum Gasteiger partial charge on any atom is 0.308 e. The fraction of sp³-hybridized carbons (Fsp3) is 0.265. The van der Waals surface area contributed by atoms with Crippen molar-refractivity contribution in [3.8, 4) is 40.2 Å². The van der Waals surface area contributed by atoms with Gasteiger partial charge in [0.05, 0.1) is 21.5 Å². The van der Waals surface area contributed by atoms with Crippen molar-refractivity contribution in [2.24, 2.45) is 11.8 Å². The molecule has 4 unspecified atom stereocenters. The number of halogens is 4. The zero-order valence-electron chi connectivity index (χ0n) is 46.5. The molecule has 4 heterocycles. The van der Waals surface area contributed by atoms with Crippen molar-refractivity contribution in [1.82, 2.24) is 19.8 Å². The SMILES string of the molecule is C=CCc1cncc(COc2cc(OCc3cccc(-c4cccc(COc5cc(OCc6cncc(C#N)c6)c(CN6CC(C)C(c7ccccc7Cl)C6)cc5Cl)c4C)c3C)c(Cl)cc2CN2CC(C(=O)O)C(c3ccccc3Cl)C2)c1. The van der Waals surface area contributed by atoms with Crippen molar-refractivity contribution >= 4 is 52.4 Å². The van der Waals surface area contributed by atoms with Gasteiger partial charge in [0.15, 0.2) is 0 Å². The second-order valence-corrected chi connectivity index (χ2v) is 23.2. The Balaban J connectivity index is 0.863.